The van der Waals surface area contributed by atoms with Crippen LogP contribution in [0.5, 0.6) is 0 Å². The lowest BCUT2D eigenvalue weighted by molar-refractivity contribution is -0.112. The lowest BCUT2D eigenvalue weighted by Crippen LogP contribution is -2.13. The Bertz CT molecular complexity index is 1130. The zero-order chi connectivity index (χ0) is 20.3. The third-order valence-electron chi connectivity index (χ3n) is 3.91. The quantitative estimate of drug-likeness (QED) is 0.405. The number of hydrogen-bond donors (Lipinski definition) is 1. The summed E-state index contributed by atoms with van der Waals surface area (Å²) in [6, 6.07) is 14.4. The molecule has 1 aromatic heterocycles. The summed E-state index contributed by atoms with van der Waals surface area (Å²) >= 11 is 12.2. The van der Waals surface area contributed by atoms with E-state index in [2.05, 4.69) is 5.32 Å². The maximum atomic E-state index is 13.3. The molecule has 0 aliphatic carbocycles. The largest absolute Gasteiger partial charge is 0.457 e. The molecule has 4 nitrogen and oxygen atoms in total. The highest BCUT2D eigenvalue weighted by Crippen LogP contribution is 2.34. The van der Waals surface area contributed by atoms with Crippen LogP contribution in [0.15, 0.2) is 58.5 Å². The SMILES string of the molecule is Cc1cc(NC(=O)C(C#N)=Cc2ccc(-c3cccc(Cl)c3Cl)o2)ccc1F. The Morgan fingerprint density at radius 3 is 2.71 bits per heavy atom. The number of carbonyl (C=O) groups is 1. The summed E-state index contributed by atoms with van der Waals surface area (Å²) in [7, 11) is 0. The van der Waals surface area contributed by atoms with Crippen molar-refractivity contribution in [1.82, 2.24) is 0 Å². The van der Waals surface area contributed by atoms with Crippen molar-refractivity contribution in [2.45, 2.75) is 6.92 Å². The Labute approximate surface area is 170 Å². The number of nitriles is 1. The Kier molecular flexibility index (Phi) is 5.84. The van der Waals surface area contributed by atoms with Gasteiger partial charge in [-0.3, -0.25) is 4.79 Å². The van der Waals surface area contributed by atoms with Gasteiger partial charge in [-0.15, -0.1) is 0 Å². The Morgan fingerprint density at radius 1 is 1.21 bits per heavy atom. The molecule has 28 heavy (non-hydrogen) atoms. The van der Waals surface area contributed by atoms with Crippen molar-refractivity contribution in [3.8, 4) is 17.4 Å². The Balaban J connectivity index is 1.84. The second kappa shape index (κ2) is 8.30. The molecule has 3 aromatic rings. The van der Waals surface area contributed by atoms with Crippen LogP contribution >= 0.6 is 23.2 Å². The van der Waals surface area contributed by atoms with Crippen LogP contribution in [0.4, 0.5) is 10.1 Å². The number of furan rings is 1. The van der Waals surface area contributed by atoms with Crippen molar-refractivity contribution in [1.29, 1.82) is 5.26 Å². The van der Waals surface area contributed by atoms with Gasteiger partial charge in [-0.25, -0.2) is 4.39 Å². The summed E-state index contributed by atoms with van der Waals surface area (Å²) < 4.78 is 19.0. The molecule has 0 spiro atoms. The number of carbonyl (C=O) groups excluding carboxylic acids is 1. The molecule has 0 fully saturated rings. The molecule has 0 bridgehead atoms. The molecule has 0 aliphatic rings. The highest BCUT2D eigenvalue weighted by atomic mass is 35.5. The molecule has 0 saturated carbocycles. The zero-order valence-electron chi connectivity index (χ0n) is 14.6. The lowest BCUT2D eigenvalue weighted by atomic mass is 10.2. The number of nitrogens with one attached hydrogen (secondary N) is 1. The fraction of sp³-hybridized carbons (Fsp3) is 0.0476. The van der Waals surface area contributed by atoms with Crippen LogP contribution < -0.4 is 5.32 Å². The van der Waals surface area contributed by atoms with Gasteiger partial charge < -0.3 is 9.73 Å². The summed E-state index contributed by atoms with van der Waals surface area (Å²) in [6.07, 6.45) is 1.31. The first-order valence-corrected chi connectivity index (χ1v) is 8.88. The van der Waals surface area contributed by atoms with Gasteiger partial charge in [-0.05, 0) is 55.0 Å². The highest BCUT2D eigenvalue weighted by Gasteiger charge is 2.14. The normalized spacial score (nSPS) is 11.2. The minimum Gasteiger partial charge on any atom is -0.457 e. The van der Waals surface area contributed by atoms with Gasteiger partial charge in [0.1, 0.15) is 29.0 Å². The van der Waals surface area contributed by atoms with Crippen LogP contribution in [-0.4, -0.2) is 5.91 Å². The summed E-state index contributed by atoms with van der Waals surface area (Å²) in [6.45, 7) is 1.58. The standard InChI is InChI=1S/C21H13Cl2FN2O2/c1-12-9-14(5-7-18(12)24)26-21(27)13(11-25)10-15-6-8-19(28-15)16-3-2-4-17(22)20(16)23/h2-10H,1H3,(H,26,27). The summed E-state index contributed by atoms with van der Waals surface area (Å²) in [5.74, 6) is -0.261. The minimum absolute atomic E-state index is 0.167. The number of rotatable bonds is 4. The second-order valence-corrected chi connectivity index (χ2v) is 6.68. The molecule has 0 atom stereocenters. The number of hydrogen-bond acceptors (Lipinski definition) is 3. The highest BCUT2D eigenvalue weighted by molar-refractivity contribution is 6.43. The van der Waals surface area contributed by atoms with Gasteiger partial charge in [0.15, 0.2) is 0 Å². The molecule has 7 heteroatoms. The van der Waals surface area contributed by atoms with E-state index in [1.165, 1.54) is 24.3 Å². The minimum atomic E-state index is -0.632. The topological polar surface area (TPSA) is 66.0 Å². The number of halogens is 3. The van der Waals surface area contributed by atoms with Gasteiger partial charge in [0.05, 0.1) is 10.0 Å². The third kappa shape index (κ3) is 4.25. The molecule has 0 aliphatic heterocycles. The summed E-state index contributed by atoms with van der Waals surface area (Å²) in [4.78, 5) is 12.3. The number of amides is 1. The van der Waals surface area contributed by atoms with Crippen LogP contribution in [0.25, 0.3) is 17.4 Å². The van der Waals surface area contributed by atoms with Crippen LogP contribution in [0.3, 0.4) is 0 Å². The Hall–Kier alpha value is -3.07. The van der Waals surface area contributed by atoms with Gasteiger partial charge in [0.2, 0.25) is 0 Å². The van der Waals surface area contributed by atoms with E-state index in [4.69, 9.17) is 27.6 Å². The van der Waals surface area contributed by atoms with Gasteiger partial charge in [-0.1, -0.05) is 29.3 Å². The van der Waals surface area contributed by atoms with Crippen LogP contribution in [-0.2, 0) is 4.79 Å². The van der Waals surface area contributed by atoms with E-state index in [-0.39, 0.29) is 11.4 Å². The molecule has 140 valence electrons. The average molecular weight is 415 g/mol. The molecule has 2 aromatic carbocycles. The van der Waals surface area contributed by atoms with E-state index in [0.29, 0.717) is 38.4 Å². The van der Waals surface area contributed by atoms with Gasteiger partial charge >= 0.3 is 0 Å². The first kappa shape index (κ1) is 19.7. The van der Waals surface area contributed by atoms with E-state index < -0.39 is 5.91 Å². The third-order valence-corrected chi connectivity index (χ3v) is 4.73. The first-order valence-electron chi connectivity index (χ1n) is 8.12. The monoisotopic (exact) mass is 414 g/mol. The van der Waals surface area contributed by atoms with Crippen molar-refractivity contribution >= 4 is 40.9 Å². The zero-order valence-corrected chi connectivity index (χ0v) is 16.1. The predicted octanol–water partition coefficient (Wildman–Crippen LogP) is 6.25. The number of anilines is 1. The molecule has 0 unspecified atom stereocenters. The van der Waals surface area contributed by atoms with Crippen molar-refractivity contribution in [3.05, 3.63) is 81.3 Å². The van der Waals surface area contributed by atoms with Gasteiger partial charge in [-0.2, -0.15) is 5.26 Å². The fourth-order valence-corrected chi connectivity index (χ4v) is 2.87. The number of nitrogens with zero attached hydrogens (tertiary/aromatic N) is 1. The maximum Gasteiger partial charge on any atom is 0.266 e. The van der Waals surface area contributed by atoms with E-state index in [1.807, 2.05) is 6.07 Å². The molecular formula is C21H13Cl2FN2O2. The molecule has 1 amide bonds. The van der Waals surface area contributed by atoms with E-state index >= 15 is 0 Å². The van der Waals surface area contributed by atoms with Gasteiger partial charge in [0, 0.05) is 17.3 Å². The molecule has 1 N–H and O–H groups in total. The molecule has 0 saturated heterocycles. The van der Waals surface area contributed by atoms with Crippen LogP contribution in [0, 0.1) is 24.1 Å². The smallest absolute Gasteiger partial charge is 0.266 e. The van der Waals surface area contributed by atoms with Crippen molar-refractivity contribution in [2.24, 2.45) is 0 Å². The van der Waals surface area contributed by atoms with Gasteiger partial charge in [0.25, 0.3) is 5.91 Å². The van der Waals surface area contributed by atoms with Crippen molar-refractivity contribution < 1.29 is 13.6 Å². The van der Waals surface area contributed by atoms with E-state index in [1.54, 1.807) is 37.3 Å². The number of aryl methyl sites for hydroxylation is 1. The predicted molar refractivity (Wildman–Crippen MR) is 108 cm³/mol. The van der Waals surface area contributed by atoms with Crippen molar-refractivity contribution in [3.63, 3.8) is 0 Å². The Morgan fingerprint density at radius 2 is 2.00 bits per heavy atom. The average Bonchev–Trinajstić information content (AvgIpc) is 3.13. The first-order chi connectivity index (χ1) is 13.4. The summed E-state index contributed by atoms with van der Waals surface area (Å²) in [5, 5.41) is 12.6. The van der Waals surface area contributed by atoms with Crippen LogP contribution in [0.1, 0.15) is 11.3 Å². The fourth-order valence-electron chi connectivity index (χ4n) is 2.48. The van der Waals surface area contributed by atoms with Crippen molar-refractivity contribution in [2.75, 3.05) is 5.32 Å². The molecule has 3 rings (SSSR count). The number of benzene rings is 2. The molecule has 1 heterocycles. The van der Waals surface area contributed by atoms with E-state index in [9.17, 15) is 14.4 Å². The lowest BCUT2D eigenvalue weighted by Gasteiger charge is -2.05. The maximum absolute atomic E-state index is 13.3. The summed E-state index contributed by atoms with van der Waals surface area (Å²) in [5.41, 5.74) is 1.20. The second-order valence-electron chi connectivity index (χ2n) is 5.89. The molecule has 0 radical (unpaired) electrons. The van der Waals surface area contributed by atoms with E-state index in [0.717, 1.165) is 0 Å². The molecular weight excluding hydrogens is 402 g/mol. The van der Waals surface area contributed by atoms with Crippen LogP contribution in [0.2, 0.25) is 10.0 Å².